The van der Waals surface area contributed by atoms with E-state index in [0.717, 1.165) is 23.6 Å². The Morgan fingerprint density at radius 3 is 1.31 bits per heavy atom. The van der Waals surface area contributed by atoms with Crippen molar-refractivity contribution in [2.45, 2.75) is 38.3 Å². The van der Waals surface area contributed by atoms with Crippen LogP contribution >= 0.6 is 41.2 Å². The minimum Gasteiger partial charge on any atom is -0.432 e. The molecule has 0 aromatic carbocycles. The molecule has 0 atom stereocenters. The van der Waals surface area contributed by atoms with Gasteiger partial charge in [-0.2, -0.15) is 0 Å². The molecule has 2 nitrogen and oxygen atoms in total. The molecular weight excluding hydrogens is 313 g/mol. The highest BCUT2D eigenvalue weighted by atomic mass is 33.7. The van der Waals surface area contributed by atoms with Crippen LogP contribution in [0.1, 0.15) is 0 Å². The van der Waals surface area contributed by atoms with Crippen LogP contribution in [0, 0.1) is 0 Å². The lowest BCUT2D eigenvalue weighted by Gasteiger charge is -2.13. The van der Waals surface area contributed by atoms with E-state index < -0.39 is 16.6 Å². The van der Waals surface area contributed by atoms with Gasteiger partial charge in [0.15, 0.2) is 16.6 Å². The molecule has 0 fully saturated rings. The summed E-state index contributed by atoms with van der Waals surface area (Å²) in [6, 6.07) is 1.93. The van der Waals surface area contributed by atoms with E-state index in [1.165, 1.54) is 0 Å². The highest BCUT2D eigenvalue weighted by Crippen LogP contribution is 2.44. The second-order valence-corrected chi connectivity index (χ2v) is 19.4. The van der Waals surface area contributed by atoms with Crippen molar-refractivity contribution < 1.29 is 9.59 Å². The lowest BCUT2D eigenvalue weighted by atomic mass is 11.0. The van der Waals surface area contributed by atoms with Gasteiger partial charge in [0, 0.05) is 11.5 Å². The standard InChI is InChI=1S/C8H22O2S4Si2/c1-15(2,9)7-5-11-13-14-12-6-8-16(3,4)10/h9-10H,5-8H2,1-4H3. The van der Waals surface area contributed by atoms with Crippen LogP contribution in [0.5, 0.6) is 0 Å². The summed E-state index contributed by atoms with van der Waals surface area (Å²) in [7, 11) is 3.54. The number of rotatable bonds is 9. The second kappa shape index (κ2) is 8.79. The first-order valence-electron chi connectivity index (χ1n) is 5.23. The Balaban J connectivity index is 3.17. The highest BCUT2D eigenvalue weighted by molar-refractivity contribution is 9.26. The predicted molar refractivity (Wildman–Crippen MR) is 89.1 cm³/mol. The molecule has 0 aliphatic rings. The van der Waals surface area contributed by atoms with Gasteiger partial charge in [0.1, 0.15) is 0 Å². The fraction of sp³-hybridized carbons (Fsp3) is 1.00. The molecule has 98 valence electrons. The first kappa shape index (κ1) is 17.8. The zero-order valence-electron chi connectivity index (χ0n) is 10.4. The van der Waals surface area contributed by atoms with E-state index in [2.05, 4.69) is 0 Å². The molecule has 16 heavy (non-hydrogen) atoms. The van der Waals surface area contributed by atoms with E-state index in [9.17, 15) is 9.59 Å². The molecule has 0 radical (unpaired) electrons. The second-order valence-electron chi connectivity index (χ2n) is 4.90. The SMILES string of the molecule is C[Si](C)(O)CCSSSSCC[Si](C)(C)O. The Morgan fingerprint density at radius 1 is 0.750 bits per heavy atom. The first-order chi connectivity index (χ1) is 7.21. The van der Waals surface area contributed by atoms with Gasteiger partial charge in [0.2, 0.25) is 0 Å². The van der Waals surface area contributed by atoms with Gasteiger partial charge in [-0.3, -0.25) is 0 Å². The molecule has 0 aromatic heterocycles. The molecule has 0 aliphatic heterocycles. The summed E-state index contributed by atoms with van der Waals surface area (Å²) in [5, 5.41) is 0. The third-order valence-electron chi connectivity index (χ3n) is 1.72. The molecule has 0 aromatic rings. The molecule has 8 heteroatoms. The lowest BCUT2D eigenvalue weighted by molar-refractivity contribution is 0.551. The summed E-state index contributed by atoms with van der Waals surface area (Å²) >= 11 is 0. The smallest absolute Gasteiger partial charge is 0.183 e. The minimum absolute atomic E-state index is 0.965. The zero-order valence-corrected chi connectivity index (χ0v) is 15.6. The third kappa shape index (κ3) is 15.8. The number of hydrogen-bond donors (Lipinski definition) is 2. The van der Waals surface area contributed by atoms with E-state index in [0.29, 0.717) is 0 Å². The monoisotopic (exact) mass is 334 g/mol. The van der Waals surface area contributed by atoms with Crippen LogP contribution in [0.15, 0.2) is 0 Å². The van der Waals surface area contributed by atoms with Gasteiger partial charge in [0.05, 0.1) is 0 Å². The van der Waals surface area contributed by atoms with Gasteiger partial charge < -0.3 is 9.59 Å². The summed E-state index contributed by atoms with van der Waals surface area (Å²) in [6.07, 6.45) is 0. The normalized spacial score (nSPS) is 13.1. The summed E-state index contributed by atoms with van der Waals surface area (Å²) in [5.74, 6) is 2.07. The largest absolute Gasteiger partial charge is 0.432 e. The van der Waals surface area contributed by atoms with Crippen LogP contribution in [0.25, 0.3) is 0 Å². The topological polar surface area (TPSA) is 40.5 Å². The van der Waals surface area contributed by atoms with E-state index in [1.807, 2.05) is 47.8 Å². The zero-order chi connectivity index (χ0) is 12.7. The van der Waals surface area contributed by atoms with Crippen molar-refractivity contribution >= 4 is 57.9 Å². The van der Waals surface area contributed by atoms with Gasteiger partial charge in [0.25, 0.3) is 0 Å². The Kier molecular flexibility index (Phi) is 9.75. The molecule has 0 saturated carbocycles. The maximum Gasteiger partial charge on any atom is 0.183 e. The summed E-state index contributed by atoms with van der Waals surface area (Å²) < 4.78 is 0. The fourth-order valence-electron chi connectivity index (χ4n) is 0.690. The van der Waals surface area contributed by atoms with Crippen LogP contribution in [0.3, 0.4) is 0 Å². The van der Waals surface area contributed by atoms with Crippen LogP contribution < -0.4 is 0 Å². The summed E-state index contributed by atoms with van der Waals surface area (Å²) in [4.78, 5) is 19.3. The van der Waals surface area contributed by atoms with Gasteiger partial charge >= 0.3 is 0 Å². The molecular formula is C8H22O2S4Si2. The van der Waals surface area contributed by atoms with Gasteiger partial charge in [-0.05, 0) is 57.9 Å². The average molecular weight is 335 g/mol. The van der Waals surface area contributed by atoms with Crippen molar-refractivity contribution in [3.63, 3.8) is 0 Å². The molecule has 0 amide bonds. The Bertz CT molecular complexity index is 162. The van der Waals surface area contributed by atoms with Crippen molar-refractivity contribution in [2.75, 3.05) is 11.5 Å². The lowest BCUT2D eigenvalue weighted by Crippen LogP contribution is -2.25. The van der Waals surface area contributed by atoms with E-state index in [4.69, 9.17) is 0 Å². The predicted octanol–water partition coefficient (Wildman–Crippen LogP) is 4.06. The van der Waals surface area contributed by atoms with Crippen molar-refractivity contribution in [3.8, 4) is 0 Å². The van der Waals surface area contributed by atoms with Crippen molar-refractivity contribution in [3.05, 3.63) is 0 Å². The van der Waals surface area contributed by atoms with Gasteiger partial charge in [-0.15, -0.1) is 0 Å². The van der Waals surface area contributed by atoms with Crippen LogP contribution in [-0.4, -0.2) is 37.7 Å². The van der Waals surface area contributed by atoms with Crippen molar-refractivity contribution in [2.24, 2.45) is 0 Å². The van der Waals surface area contributed by atoms with Gasteiger partial charge in [-0.25, -0.2) is 0 Å². The van der Waals surface area contributed by atoms with Crippen LogP contribution in [-0.2, 0) is 0 Å². The highest BCUT2D eigenvalue weighted by Gasteiger charge is 2.17. The molecule has 0 aliphatic carbocycles. The van der Waals surface area contributed by atoms with Crippen molar-refractivity contribution in [1.82, 2.24) is 0 Å². The Labute approximate surface area is 117 Å². The average Bonchev–Trinajstić information content (AvgIpc) is 2.06. The minimum atomic E-state index is -1.84. The quantitative estimate of drug-likeness (QED) is 0.376. The van der Waals surface area contributed by atoms with Crippen LogP contribution in [0.2, 0.25) is 38.3 Å². The van der Waals surface area contributed by atoms with E-state index in [1.54, 1.807) is 19.7 Å². The molecule has 0 rings (SSSR count). The molecule has 0 heterocycles. The van der Waals surface area contributed by atoms with Crippen molar-refractivity contribution in [1.29, 1.82) is 0 Å². The maximum absolute atomic E-state index is 9.63. The molecule has 0 spiro atoms. The Morgan fingerprint density at radius 2 is 1.06 bits per heavy atom. The fourth-order valence-corrected chi connectivity index (χ4v) is 11.8. The molecule has 0 unspecified atom stereocenters. The summed E-state index contributed by atoms with van der Waals surface area (Å²) in [5.41, 5.74) is 0. The van der Waals surface area contributed by atoms with Gasteiger partial charge in [-0.1, -0.05) is 21.6 Å². The van der Waals surface area contributed by atoms with Crippen LogP contribution in [0.4, 0.5) is 0 Å². The first-order valence-corrected chi connectivity index (χ1v) is 16.7. The number of hydrogen-bond acceptors (Lipinski definition) is 6. The molecule has 0 bridgehead atoms. The summed E-state index contributed by atoms with van der Waals surface area (Å²) in [6.45, 7) is 7.92. The molecule has 2 N–H and O–H groups in total. The maximum atomic E-state index is 9.63. The van der Waals surface area contributed by atoms with E-state index >= 15 is 0 Å². The molecule has 0 saturated heterocycles. The van der Waals surface area contributed by atoms with E-state index in [-0.39, 0.29) is 0 Å². The third-order valence-corrected chi connectivity index (χ3v) is 11.9. The Hall–Kier alpha value is 1.75.